The molecule has 0 amide bonds. The second-order valence-corrected chi connectivity index (χ2v) is 45.7. The zero-order chi connectivity index (χ0) is 95.8. The molecule has 0 radical (unpaired) electrons. The zero-order valence-corrected chi connectivity index (χ0v) is 77.5. The van der Waals surface area contributed by atoms with Crippen molar-refractivity contribution < 1.29 is 118 Å². The van der Waals surface area contributed by atoms with Gasteiger partial charge in [-0.3, -0.25) is 13.1 Å². The molecule has 0 spiro atoms. The number of ether oxygens (including phenoxy) is 2. The summed E-state index contributed by atoms with van der Waals surface area (Å²) < 4.78 is 309. The van der Waals surface area contributed by atoms with E-state index in [2.05, 4.69) is 278 Å². The van der Waals surface area contributed by atoms with Gasteiger partial charge in [0.25, 0.3) is 9.84 Å². The summed E-state index contributed by atoms with van der Waals surface area (Å²) in [6, 6.07) is 91.9. The number of benzene rings is 11. The van der Waals surface area contributed by atoms with Crippen molar-refractivity contribution >= 4 is 115 Å². The van der Waals surface area contributed by atoms with Gasteiger partial charge in [0.2, 0.25) is 0 Å². The van der Waals surface area contributed by atoms with Crippen LogP contribution in [0.1, 0.15) is 86.0 Å². The number of sulfonamides is 1. The fraction of sp³-hybridized carbons (Fsp3) is 0.286. The largest absolute Gasteiger partial charge is 0.744 e. The van der Waals surface area contributed by atoms with Gasteiger partial charge in [-0.2, -0.15) is 61.1 Å². The number of fused-ring (bicyclic) bond motifs is 2. The standard InChI is InChI=1S/2C18H23OS.2C18H15S.C10H9F6N3O4S2.C9H6F6O9S3/c2*1-2-3-12-19-17-10-11-18(20-13-6-7-14-20)16-9-5-4-8-15(16)17;2*1-4-10-16(11-5-1)19(17-12-6-2-7-13-17)18-14-8-3-9-15-18;1-7(2,3)19-25(22,23)10(15,16)8(11,12)9(13,14)24(20,21)6(17-4)18-5;10-7(11,8(12,13)26(19,20)21)9(14,15)27(22,23)24-5-1-3-6(4-2-5)25(16,17)18/h2*4-5,8-11H,2-3,6-7,12-14H2,1H3;2*1-15H;1-3H3;1-4H,(H,16,17,18)(H,19,20,21)/q4*+1;-2;/p-2. The van der Waals surface area contributed by atoms with E-state index in [9.17, 15) is 104 Å². The van der Waals surface area contributed by atoms with E-state index in [1.54, 1.807) is 19.5 Å². The highest BCUT2D eigenvalue weighted by molar-refractivity contribution is 7.98. The molecule has 0 saturated carbocycles. The van der Waals surface area contributed by atoms with E-state index in [4.69, 9.17) is 22.6 Å². The molecule has 39 heteroatoms. The highest BCUT2D eigenvalue weighted by Crippen LogP contribution is 2.55. The van der Waals surface area contributed by atoms with Gasteiger partial charge in [0.15, 0.2) is 49.3 Å². The topological polar surface area (TPSA) is 267 Å². The Kier molecular flexibility index (Phi) is 37.2. The molecule has 11 aromatic rings. The second kappa shape index (κ2) is 45.7. The summed E-state index contributed by atoms with van der Waals surface area (Å²) in [5.41, 5.74) is -4.45. The lowest BCUT2D eigenvalue weighted by molar-refractivity contribution is -0.247. The molecule has 2 fully saturated rings. The van der Waals surface area contributed by atoms with Crippen molar-refractivity contribution in [2.75, 3.05) is 36.2 Å². The first-order valence-corrected chi connectivity index (χ1v) is 52.3. The predicted octanol–water partition coefficient (Wildman–Crippen LogP) is 22.8. The van der Waals surface area contributed by atoms with Gasteiger partial charge in [-0.05, 0) is 172 Å². The first kappa shape index (κ1) is 106. The van der Waals surface area contributed by atoms with Crippen LogP contribution >= 0.6 is 0 Å². The molecule has 696 valence electrons. The maximum absolute atomic E-state index is 13.7. The Morgan fingerprint density at radius 3 is 0.962 bits per heavy atom. The van der Waals surface area contributed by atoms with Gasteiger partial charge < -0.3 is 37.2 Å². The Bertz CT molecular complexity index is 5790. The lowest BCUT2D eigenvalue weighted by Gasteiger charge is -2.41. The summed E-state index contributed by atoms with van der Waals surface area (Å²) in [4.78, 5) is 13.8. The minimum absolute atomic E-state index is 0.0146. The van der Waals surface area contributed by atoms with Crippen molar-refractivity contribution in [3.05, 3.63) is 312 Å². The fourth-order valence-corrected chi connectivity index (χ4v) is 25.7. The van der Waals surface area contributed by atoms with Gasteiger partial charge in [-0.25, -0.2) is 33.7 Å². The van der Waals surface area contributed by atoms with Gasteiger partial charge in [-0.15, -0.1) is 5.54 Å². The average Bonchev–Trinajstić information content (AvgIpc) is 0.790. The zero-order valence-electron chi connectivity index (χ0n) is 70.1. The first-order valence-electron chi connectivity index (χ1n) is 39.6. The average molecular weight is 1980 g/mol. The first-order chi connectivity index (χ1) is 61.1. The number of hydrogen-bond donors (Lipinski definition) is 0. The number of alkyl halides is 12. The van der Waals surface area contributed by atoms with Gasteiger partial charge in [-0.1, -0.05) is 193 Å². The van der Waals surface area contributed by atoms with Crippen LogP contribution < -0.4 is 13.7 Å². The van der Waals surface area contributed by atoms with Crippen LogP contribution in [0.2, 0.25) is 0 Å². The molecule has 0 bridgehead atoms. The Morgan fingerprint density at radius 2 is 0.685 bits per heavy atom. The number of sulfone groups is 1. The third kappa shape index (κ3) is 25.8. The van der Waals surface area contributed by atoms with Gasteiger partial charge in [0.05, 0.1) is 39.9 Å². The summed E-state index contributed by atoms with van der Waals surface area (Å²) in [6.07, 6.45) is 10.2. The van der Waals surface area contributed by atoms with Gasteiger partial charge in [0.1, 0.15) is 60.4 Å². The van der Waals surface area contributed by atoms with Crippen molar-refractivity contribution in [2.45, 2.75) is 168 Å². The van der Waals surface area contributed by atoms with E-state index in [1.165, 1.54) is 112 Å². The molecule has 18 nitrogen and oxygen atoms in total. The van der Waals surface area contributed by atoms with Crippen LogP contribution in [0.4, 0.5) is 52.7 Å². The minimum atomic E-state index is -7.43. The number of unbranched alkanes of at least 4 members (excludes halogenated alkanes) is 2. The van der Waals surface area contributed by atoms with E-state index < -0.39 is 105 Å². The number of hydrogen-bond acceptors (Lipinski definition) is 15. The van der Waals surface area contributed by atoms with Crippen molar-refractivity contribution in [1.82, 2.24) is 0 Å². The van der Waals surface area contributed by atoms with Crippen molar-refractivity contribution in [1.29, 1.82) is 0 Å². The van der Waals surface area contributed by atoms with Gasteiger partial charge in [0, 0.05) is 43.3 Å². The van der Waals surface area contributed by atoms with Crippen LogP contribution in [-0.2, 0) is 93.8 Å². The van der Waals surface area contributed by atoms with Crippen molar-refractivity contribution in [2.24, 2.45) is 0 Å². The van der Waals surface area contributed by atoms with Crippen LogP contribution in [0.5, 0.6) is 17.2 Å². The van der Waals surface area contributed by atoms with Gasteiger partial charge >= 0.3 is 48.5 Å². The smallest absolute Gasteiger partial charge is 0.450 e. The lowest BCUT2D eigenvalue weighted by atomic mass is 10.1. The summed E-state index contributed by atoms with van der Waals surface area (Å²) in [5, 5.41) is -22.0. The molecule has 0 N–H and O–H groups in total. The van der Waals surface area contributed by atoms with Crippen LogP contribution in [0.3, 0.4) is 0 Å². The molecule has 13 rings (SSSR count). The molecule has 0 aliphatic carbocycles. The Hall–Kier alpha value is -9.62. The molecule has 0 atom stereocenters. The summed E-state index contributed by atoms with van der Waals surface area (Å²) in [7, 11) is -32.2. The Balaban J connectivity index is 0.000000193. The highest BCUT2D eigenvalue weighted by Gasteiger charge is 2.82. The summed E-state index contributed by atoms with van der Waals surface area (Å²) >= 11 is 0. The molecule has 11 aromatic carbocycles. The molecule has 0 aromatic heterocycles. The van der Waals surface area contributed by atoms with Crippen molar-refractivity contribution in [3.63, 3.8) is 0 Å². The molecule has 2 aliphatic heterocycles. The van der Waals surface area contributed by atoms with E-state index in [0.29, 0.717) is 33.9 Å². The SMILES string of the molecule is CCCCOc1ccc([S+]2CCCC2)c2ccccc12.CCCCOc1ccc([S+]2CCCC2)c2ccccc12.O=S(=O)([O-])c1ccc(OS(=O)(=O)C(F)(F)C(F)(F)C(F)(F)S(=O)(=O)[O-])cc1.[C-]#[N+][C-]([N+]#[C-])S(=O)(=O)C(F)(F)C(F)(F)C(F)(F)S(=O)(=O)[N-]C(C)(C)C.c1ccc([S+](c2ccccc2)c2ccccc2)cc1.c1ccc([S+](c2ccccc2)c2ccccc2)cc1. The summed E-state index contributed by atoms with van der Waals surface area (Å²) in [5.74, 6) is -8.00. The number of rotatable bonds is 29. The highest BCUT2D eigenvalue weighted by atomic mass is 32.2. The third-order valence-corrected chi connectivity index (χ3v) is 34.5. The lowest BCUT2D eigenvalue weighted by Crippen LogP contribution is -2.61. The van der Waals surface area contributed by atoms with E-state index >= 15 is 0 Å². The minimum Gasteiger partial charge on any atom is -0.744 e. The molecule has 0 unspecified atom stereocenters. The number of nitrogens with zero attached hydrogens (tertiary/aromatic N) is 3. The molecule has 130 heavy (non-hydrogen) atoms. The second-order valence-electron chi connectivity index (χ2n) is 29.2. The quantitative estimate of drug-likeness (QED) is 0.0105. The van der Waals surface area contributed by atoms with Crippen LogP contribution in [0, 0.1) is 18.6 Å². The number of halogens is 12. The Labute approximate surface area is 761 Å². The summed E-state index contributed by atoms with van der Waals surface area (Å²) in [6.45, 7) is 21.0. The molecule has 2 aliphatic rings. The van der Waals surface area contributed by atoms with E-state index in [-0.39, 0.29) is 33.9 Å². The van der Waals surface area contributed by atoms with Crippen LogP contribution in [0.25, 0.3) is 36.0 Å². The maximum Gasteiger partial charge on any atom is 0.450 e. The fourth-order valence-electron chi connectivity index (χ4n) is 12.3. The molecular formula is C91H89F12N3O15S9. The molecular weight excluding hydrogens is 1890 g/mol. The van der Waals surface area contributed by atoms with Crippen molar-refractivity contribution in [3.8, 4) is 17.2 Å². The maximum atomic E-state index is 13.7. The van der Waals surface area contributed by atoms with Crippen LogP contribution in [0.15, 0.2) is 323 Å². The predicted molar refractivity (Wildman–Crippen MR) is 482 cm³/mol. The third-order valence-electron chi connectivity index (χ3n) is 18.7. The molecule has 2 saturated heterocycles. The monoisotopic (exact) mass is 1980 g/mol. The normalized spacial score (nSPS) is 13.8. The van der Waals surface area contributed by atoms with E-state index in [1.807, 2.05) is 0 Å². The van der Waals surface area contributed by atoms with Crippen LogP contribution in [-0.4, -0.2) is 126 Å². The molecule has 2 heterocycles. The Morgan fingerprint density at radius 1 is 0.392 bits per heavy atom. The van der Waals surface area contributed by atoms with E-state index in [0.717, 1.165) is 58.3 Å².